The second-order valence-electron chi connectivity index (χ2n) is 17.9. The Bertz CT molecular complexity index is 1900. The van der Waals surface area contributed by atoms with Crippen molar-refractivity contribution >= 4 is 33.2 Å². The number of sulfonamides is 1. The Balaban J connectivity index is 1.24. The number of nitrogens with one attached hydrogen (secondary N) is 1. The highest BCUT2D eigenvalue weighted by atomic mass is 35.5. The van der Waals surface area contributed by atoms with Crippen LogP contribution in [0.4, 0.5) is 5.69 Å². The number of halogens is 1. The number of likely N-dealkylation sites (tertiary alicyclic amines) is 1. The van der Waals surface area contributed by atoms with E-state index in [1.54, 1.807) is 27.2 Å². The van der Waals surface area contributed by atoms with Crippen molar-refractivity contribution in [2.45, 2.75) is 94.4 Å². The summed E-state index contributed by atoms with van der Waals surface area (Å²) < 4.78 is 54.6. The number of carbonyl (C=O) groups is 1. The molecule has 1 amide bonds. The van der Waals surface area contributed by atoms with Crippen molar-refractivity contribution in [3.63, 3.8) is 0 Å². The van der Waals surface area contributed by atoms with Crippen molar-refractivity contribution in [2.24, 2.45) is 17.8 Å². The Hall–Kier alpha value is -2.71. The Kier molecular flexibility index (Phi) is 14.4. The van der Waals surface area contributed by atoms with E-state index >= 15 is 0 Å². The standard InChI is InChI=1S/C46H67ClN4O7S/c1-6-58-46(31-49-21-17-39(18-22-49)50(23-25-55-4)24-26-56-5)20-7-9-33(2)34(3)59(53,54)48-44(52)36-12-16-43-42(28-36)51(29-37-11-14-41(37)46)30-45(32-57-43)19-8-10-35-27-38(47)13-15-40(35)45/h7,12-13,15-16,20,27-28,33-34,37,39,41H,6,8-11,14,17-19,21-26,29-32H2,1-5H3,(H,48,52)/b20-7+/t33-,34+,37-,41+,45-,46+/m0/s1. The number of fused-ring (bicyclic) bond motifs is 4. The molecule has 3 aliphatic heterocycles. The van der Waals surface area contributed by atoms with Gasteiger partial charge in [-0.1, -0.05) is 36.7 Å². The monoisotopic (exact) mass is 854 g/mol. The largest absolute Gasteiger partial charge is 0.490 e. The third-order valence-electron chi connectivity index (χ3n) is 14.4. The molecular formula is C46H67ClN4O7S. The lowest BCUT2D eigenvalue weighted by Gasteiger charge is -2.52. The van der Waals surface area contributed by atoms with Gasteiger partial charge in [-0.25, -0.2) is 13.1 Å². The number of carbonyl (C=O) groups excluding carboxylic acids is 1. The van der Waals surface area contributed by atoms with Gasteiger partial charge in [0.25, 0.3) is 5.91 Å². The minimum atomic E-state index is -3.98. The van der Waals surface area contributed by atoms with Crippen molar-refractivity contribution < 1.29 is 32.2 Å². The molecule has 0 aromatic heterocycles. The number of aryl methyl sites for hydroxylation is 1. The first-order valence-electron chi connectivity index (χ1n) is 22.0. The predicted molar refractivity (Wildman–Crippen MR) is 234 cm³/mol. The van der Waals surface area contributed by atoms with Gasteiger partial charge in [-0.3, -0.25) is 9.69 Å². The van der Waals surface area contributed by atoms with Crippen LogP contribution in [0.1, 0.15) is 87.2 Å². The summed E-state index contributed by atoms with van der Waals surface area (Å²) in [6.07, 6.45) is 12.2. The molecule has 1 saturated carbocycles. The Morgan fingerprint density at radius 3 is 2.47 bits per heavy atom. The van der Waals surface area contributed by atoms with Crippen LogP contribution in [0, 0.1) is 17.8 Å². The molecule has 13 heteroatoms. The van der Waals surface area contributed by atoms with Crippen LogP contribution in [0.3, 0.4) is 0 Å². The number of ether oxygens (including phenoxy) is 4. The number of benzene rings is 2. The molecule has 5 aliphatic rings. The van der Waals surface area contributed by atoms with Gasteiger partial charge in [-0.15, -0.1) is 0 Å². The highest BCUT2D eigenvalue weighted by Crippen LogP contribution is 2.49. The molecule has 0 unspecified atom stereocenters. The average molecular weight is 856 g/mol. The molecule has 2 bridgehead atoms. The Morgan fingerprint density at radius 1 is 1.02 bits per heavy atom. The second-order valence-corrected chi connectivity index (χ2v) is 20.4. The minimum Gasteiger partial charge on any atom is -0.490 e. The first kappa shape index (κ1) is 44.3. The van der Waals surface area contributed by atoms with Crippen molar-refractivity contribution in [1.82, 2.24) is 14.5 Å². The van der Waals surface area contributed by atoms with E-state index in [4.69, 9.17) is 30.5 Å². The predicted octanol–water partition coefficient (Wildman–Crippen LogP) is 6.72. The molecule has 326 valence electrons. The molecule has 7 rings (SSSR count). The molecule has 2 fully saturated rings. The van der Waals surface area contributed by atoms with Crippen LogP contribution in [0.25, 0.3) is 0 Å². The molecule has 3 heterocycles. The van der Waals surface area contributed by atoms with E-state index < -0.39 is 26.8 Å². The molecule has 1 saturated heterocycles. The van der Waals surface area contributed by atoms with E-state index in [0.29, 0.717) is 62.7 Å². The average Bonchev–Trinajstić information content (AvgIpc) is 3.35. The van der Waals surface area contributed by atoms with Crippen LogP contribution >= 0.6 is 11.6 Å². The Labute approximate surface area is 358 Å². The van der Waals surface area contributed by atoms with Crippen LogP contribution in [0.2, 0.25) is 5.02 Å². The number of hydrogen-bond acceptors (Lipinski definition) is 10. The highest BCUT2D eigenvalue weighted by Gasteiger charge is 2.50. The number of amides is 1. The summed E-state index contributed by atoms with van der Waals surface area (Å²) in [5.74, 6) is 0.425. The smallest absolute Gasteiger partial charge is 0.264 e. The topological polar surface area (TPSA) is 110 Å². The van der Waals surface area contributed by atoms with E-state index in [1.807, 2.05) is 25.1 Å². The van der Waals surface area contributed by atoms with Gasteiger partial charge in [-0.05, 0) is 138 Å². The maximum Gasteiger partial charge on any atom is 0.264 e. The lowest BCUT2D eigenvalue weighted by molar-refractivity contribution is -0.112. The zero-order valence-electron chi connectivity index (χ0n) is 35.9. The van der Waals surface area contributed by atoms with E-state index in [0.717, 1.165) is 94.9 Å². The fourth-order valence-corrected chi connectivity index (χ4v) is 12.2. The summed E-state index contributed by atoms with van der Waals surface area (Å²) >= 11 is 6.54. The third kappa shape index (κ3) is 9.69. The van der Waals surface area contributed by atoms with Gasteiger partial charge in [0.15, 0.2) is 0 Å². The van der Waals surface area contributed by atoms with Crippen molar-refractivity contribution in [3.05, 3.63) is 70.3 Å². The van der Waals surface area contributed by atoms with Crippen LogP contribution in [0.5, 0.6) is 5.75 Å². The van der Waals surface area contributed by atoms with Crippen LogP contribution in [0.15, 0.2) is 48.6 Å². The molecule has 1 N–H and O–H groups in total. The summed E-state index contributed by atoms with van der Waals surface area (Å²) in [7, 11) is -0.454. The quantitative estimate of drug-likeness (QED) is 0.245. The third-order valence-corrected chi connectivity index (χ3v) is 16.5. The number of rotatable bonds is 11. The lowest BCUT2D eigenvalue weighted by atomic mass is 9.63. The number of hydrogen-bond donors (Lipinski definition) is 1. The summed E-state index contributed by atoms with van der Waals surface area (Å²) in [6, 6.07) is 12.2. The first-order valence-corrected chi connectivity index (χ1v) is 24.0. The molecule has 0 radical (unpaired) electrons. The van der Waals surface area contributed by atoms with E-state index in [-0.39, 0.29) is 17.3 Å². The van der Waals surface area contributed by atoms with Crippen LogP contribution in [-0.4, -0.2) is 127 Å². The minimum absolute atomic E-state index is 0.234. The first-order chi connectivity index (χ1) is 28.4. The normalized spacial score (nSPS) is 30.8. The van der Waals surface area contributed by atoms with Crippen molar-refractivity contribution in [2.75, 3.05) is 91.4 Å². The van der Waals surface area contributed by atoms with Gasteiger partial charge in [0.1, 0.15) is 11.4 Å². The molecule has 1 spiro atoms. The number of anilines is 1. The van der Waals surface area contributed by atoms with Gasteiger partial charge in [0, 0.05) is 75.6 Å². The molecule has 11 nitrogen and oxygen atoms in total. The summed E-state index contributed by atoms with van der Waals surface area (Å²) in [5, 5.41) is -0.0464. The van der Waals surface area contributed by atoms with E-state index in [9.17, 15) is 13.2 Å². The van der Waals surface area contributed by atoms with Gasteiger partial charge >= 0.3 is 0 Å². The maximum absolute atomic E-state index is 13.8. The molecule has 59 heavy (non-hydrogen) atoms. The fourth-order valence-electron chi connectivity index (χ4n) is 10.7. The van der Waals surface area contributed by atoms with Crippen molar-refractivity contribution in [3.8, 4) is 5.75 Å². The zero-order chi connectivity index (χ0) is 41.8. The van der Waals surface area contributed by atoms with Gasteiger partial charge in [-0.2, -0.15) is 0 Å². The van der Waals surface area contributed by atoms with E-state index in [2.05, 4.69) is 50.6 Å². The van der Waals surface area contributed by atoms with Crippen LogP contribution in [-0.2, 0) is 36.1 Å². The molecular weight excluding hydrogens is 788 g/mol. The number of allylic oxidation sites excluding steroid dienone is 1. The second kappa shape index (κ2) is 19.1. The molecule has 6 atom stereocenters. The zero-order valence-corrected chi connectivity index (χ0v) is 37.5. The molecule has 2 aliphatic carbocycles. The maximum atomic E-state index is 13.8. The van der Waals surface area contributed by atoms with Crippen LogP contribution < -0.4 is 14.4 Å². The highest BCUT2D eigenvalue weighted by molar-refractivity contribution is 7.90. The van der Waals surface area contributed by atoms with E-state index in [1.165, 1.54) is 11.1 Å². The molecule has 2 aromatic carbocycles. The van der Waals surface area contributed by atoms with Crippen molar-refractivity contribution in [1.29, 1.82) is 0 Å². The Morgan fingerprint density at radius 2 is 1.78 bits per heavy atom. The number of piperidine rings is 1. The van der Waals surface area contributed by atoms with Gasteiger partial charge < -0.3 is 28.7 Å². The number of nitrogens with zero attached hydrogens (tertiary/aromatic N) is 3. The molecule has 2 aromatic rings. The number of methoxy groups -OCH3 is 2. The SMILES string of the molecule is CCO[C@@]1(CN2CCC(N(CCOC)CCOC)CC2)/C=C/C[C@H](C)[C@@H](C)S(=O)(=O)NC(=O)c2ccc3c(c2)N(C[C@@H]2CC[C@H]21)C[C@@]1(CCCc2cc(Cl)ccc21)CO3. The van der Waals surface area contributed by atoms with Gasteiger partial charge in [0.2, 0.25) is 10.0 Å². The summed E-state index contributed by atoms with van der Waals surface area (Å²) in [6.45, 7) is 14.2. The summed E-state index contributed by atoms with van der Waals surface area (Å²) in [5.41, 5.74) is 2.85. The lowest BCUT2D eigenvalue weighted by Crippen LogP contribution is -2.58. The fraction of sp³-hybridized carbons (Fsp3) is 0.674. The summed E-state index contributed by atoms with van der Waals surface area (Å²) in [4.78, 5) is 21.3. The van der Waals surface area contributed by atoms with Gasteiger partial charge in [0.05, 0.1) is 30.8 Å².